The van der Waals surface area contributed by atoms with Crippen molar-refractivity contribution in [3.8, 4) is 0 Å². The lowest BCUT2D eigenvalue weighted by atomic mass is 10.1. The Morgan fingerprint density at radius 3 is 2.35 bits per heavy atom. The SMILES string of the molecule is CSc1ccc(/C=C/C(=O)c2ccc(NC(=O)c3sc4ccccc4c3Cl)cc2)cc1. The number of anilines is 1. The van der Waals surface area contributed by atoms with Gasteiger partial charge in [0.15, 0.2) is 5.78 Å². The molecular formula is C25H18ClNO2S2. The van der Waals surface area contributed by atoms with Crippen LogP contribution in [0.3, 0.4) is 0 Å². The molecule has 0 aliphatic heterocycles. The Bertz CT molecular complexity index is 1280. The summed E-state index contributed by atoms with van der Waals surface area (Å²) in [6.45, 7) is 0. The average molecular weight is 464 g/mol. The lowest BCUT2D eigenvalue weighted by Gasteiger charge is -2.05. The summed E-state index contributed by atoms with van der Waals surface area (Å²) in [6.07, 6.45) is 5.38. The Hall–Kier alpha value is -2.86. The maximum atomic E-state index is 12.7. The van der Waals surface area contributed by atoms with Crippen LogP contribution in [-0.2, 0) is 0 Å². The van der Waals surface area contributed by atoms with Gasteiger partial charge in [-0.05, 0) is 60.4 Å². The number of hydrogen-bond acceptors (Lipinski definition) is 4. The number of thiophene rings is 1. The average Bonchev–Trinajstić information content (AvgIpc) is 3.15. The molecule has 0 spiro atoms. The number of fused-ring (bicyclic) bond motifs is 1. The smallest absolute Gasteiger partial charge is 0.267 e. The second-order valence-corrected chi connectivity index (χ2v) is 9.05. The Morgan fingerprint density at radius 2 is 1.68 bits per heavy atom. The highest BCUT2D eigenvalue weighted by Crippen LogP contribution is 2.35. The van der Waals surface area contributed by atoms with Crippen molar-refractivity contribution in [3.05, 3.63) is 99.9 Å². The van der Waals surface area contributed by atoms with Gasteiger partial charge in [0.1, 0.15) is 4.88 Å². The van der Waals surface area contributed by atoms with E-state index in [4.69, 9.17) is 11.6 Å². The van der Waals surface area contributed by atoms with E-state index < -0.39 is 0 Å². The normalized spacial score (nSPS) is 11.2. The Labute approximate surface area is 193 Å². The lowest BCUT2D eigenvalue weighted by molar-refractivity contribution is 0.102. The Morgan fingerprint density at radius 1 is 0.968 bits per heavy atom. The van der Waals surface area contributed by atoms with Crippen molar-refractivity contribution in [3.63, 3.8) is 0 Å². The number of benzene rings is 3. The molecule has 1 amide bonds. The number of halogens is 1. The molecule has 1 aromatic heterocycles. The summed E-state index contributed by atoms with van der Waals surface area (Å²) < 4.78 is 0.966. The first kappa shape index (κ1) is 21.4. The quantitative estimate of drug-likeness (QED) is 0.184. The van der Waals surface area contributed by atoms with Gasteiger partial charge in [-0.25, -0.2) is 0 Å². The van der Waals surface area contributed by atoms with Gasteiger partial charge in [-0.2, -0.15) is 0 Å². The van der Waals surface area contributed by atoms with Crippen molar-refractivity contribution in [2.24, 2.45) is 0 Å². The van der Waals surface area contributed by atoms with E-state index in [0.717, 1.165) is 15.6 Å². The van der Waals surface area contributed by atoms with Crippen LogP contribution in [0.1, 0.15) is 25.6 Å². The van der Waals surface area contributed by atoms with E-state index in [1.807, 2.05) is 54.8 Å². The van der Waals surface area contributed by atoms with E-state index in [2.05, 4.69) is 5.32 Å². The standard InChI is InChI=1S/C25H18ClNO2S2/c1-30-19-13-6-16(7-14-19)8-15-21(28)17-9-11-18(12-10-17)27-25(29)24-23(26)20-4-2-3-5-22(20)31-24/h2-15H,1H3,(H,27,29)/b15-8+. The largest absolute Gasteiger partial charge is 0.321 e. The highest BCUT2D eigenvalue weighted by molar-refractivity contribution is 7.98. The number of hydrogen-bond donors (Lipinski definition) is 1. The first-order valence-corrected chi connectivity index (χ1v) is 11.9. The molecule has 31 heavy (non-hydrogen) atoms. The lowest BCUT2D eigenvalue weighted by Crippen LogP contribution is -2.10. The monoisotopic (exact) mass is 463 g/mol. The number of thioether (sulfide) groups is 1. The first-order chi connectivity index (χ1) is 15.0. The maximum Gasteiger partial charge on any atom is 0.267 e. The van der Waals surface area contributed by atoms with Crippen LogP contribution in [0, 0.1) is 0 Å². The van der Waals surface area contributed by atoms with E-state index in [0.29, 0.717) is 21.2 Å². The van der Waals surface area contributed by atoms with Crippen molar-refractivity contribution in [2.75, 3.05) is 11.6 Å². The minimum Gasteiger partial charge on any atom is -0.321 e. The Kier molecular flexibility index (Phi) is 6.56. The topological polar surface area (TPSA) is 46.2 Å². The molecule has 6 heteroatoms. The summed E-state index contributed by atoms with van der Waals surface area (Å²) in [5, 5.41) is 4.18. The van der Waals surface area contributed by atoms with Crippen LogP contribution in [0.4, 0.5) is 5.69 Å². The van der Waals surface area contributed by atoms with Gasteiger partial charge in [0, 0.05) is 26.2 Å². The third-order valence-corrected chi connectivity index (χ3v) is 7.13. The summed E-state index contributed by atoms with van der Waals surface area (Å²) in [5.41, 5.74) is 2.12. The van der Waals surface area contributed by atoms with Crippen molar-refractivity contribution in [1.29, 1.82) is 0 Å². The van der Waals surface area contributed by atoms with Gasteiger partial charge < -0.3 is 5.32 Å². The van der Waals surface area contributed by atoms with Crippen molar-refractivity contribution in [1.82, 2.24) is 0 Å². The van der Waals surface area contributed by atoms with E-state index in [9.17, 15) is 9.59 Å². The van der Waals surface area contributed by atoms with Gasteiger partial charge in [0.2, 0.25) is 0 Å². The molecule has 0 unspecified atom stereocenters. The zero-order chi connectivity index (χ0) is 21.8. The van der Waals surface area contributed by atoms with Gasteiger partial charge in [0.05, 0.1) is 5.02 Å². The van der Waals surface area contributed by atoms with Gasteiger partial charge >= 0.3 is 0 Å². The first-order valence-electron chi connectivity index (χ1n) is 9.50. The fourth-order valence-corrected chi connectivity index (χ4v) is 4.87. The fourth-order valence-electron chi connectivity index (χ4n) is 3.05. The fraction of sp³-hybridized carbons (Fsp3) is 0.0400. The number of nitrogens with one attached hydrogen (secondary N) is 1. The second kappa shape index (κ2) is 9.52. The van der Waals surface area contributed by atoms with Gasteiger partial charge in [0.25, 0.3) is 5.91 Å². The number of ketones is 1. The van der Waals surface area contributed by atoms with Crippen molar-refractivity contribution in [2.45, 2.75) is 4.90 Å². The molecule has 0 saturated carbocycles. The molecule has 1 N–H and O–H groups in total. The van der Waals surface area contributed by atoms with E-state index in [1.165, 1.54) is 16.2 Å². The van der Waals surface area contributed by atoms with Crippen LogP contribution in [0.15, 0.2) is 83.8 Å². The van der Waals surface area contributed by atoms with E-state index in [-0.39, 0.29) is 11.7 Å². The summed E-state index contributed by atoms with van der Waals surface area (Å²) in [6, 6.07) is 22.5. The third-order valence-electron chi connectivity index (χ3n) is 4.71. The number of carbonyl (C=O) groups is 2. The summed E-state index contributed by atoms with van der Waals surface area (Å²) in [4.78, 5) is 26.8. The number of amides is 1. The van der Waals surface area contributed by atoms with Crippen LogP contribution in [0.2, 0.25) is 5.02 Å². The van der Waals surface area contributed by atoms with Gasteiger partial charge in [-0.3, -0.25) is 9.59 Å². The van der Waals surface area contributed by atoms with Crippen LogP contribution in [0.25, 0.3) is 16.2 Å². The predicted octanol–water partition coefficient (Wildman–Crippen LogP) is 7.43. The zero-order valence-electron chi connectivity index (χ0n) is 16.6. The molecule has 0 aliphatic rings. The Balaban J connectivity index is 1.43. The van der Waals surface area contributed by atoms with E-state index in [1.54, 1.807) is 48.2 Å². The molecule has 0 fully saturated rings. The van der Waals surface area contributed by atoms with Gasteiger partial charge in [-0.1, -0.05) is 48.0 Å². The highest BCUT2D eigenvalue weighted by Gasteiger charge is 2.17. The molecule has 0 aliphatic carbocycles. The van der Waals surface area contributed by atoms with Gasteiger partial charge in [-0.15, -0.1) is 23.1 Å². The molecule has 0 atom stereocenters. The molecule has 1 heterocycles. The van der Waals surface area contributed by atoms with Crippen LogP contribution < -0.4 is 5.32 Å². The molecule has 3 aromatic carbocycles. The minimum absolute atomic E-state index is 0.0978. The molecule has 4 rings (SSSR count). The predicted molar refractivity (Wildman–Crippen MR) is 133 cm³/mol. The molecule has 0 radical (unpaired) electrons. The zero-order valence-corrected chi connectivity index (χ0v) is 19.0. The number of rotatable bonds is 6. The third kappa shape index (κ3) is 4.90. The summed E-state index contributed by atoms with van der Waals surface area (Å²) >= 11 is 9.42. The summed E-state index contributed by atoms with van der Waals surface area (Å²) in [5.74, 6) is -0.363. The molecule has 4 aromatic rings. The number of allylic oxidation sites excluding steroid dienone is 1. The summed E-state index contributed by atoms with van der Waals surface area (Å²) in [7, 11) is 0. The maximum absolute atomic E-state index is 12.7. The molecule has 0 bridgehead atoms. The van der Waals surface area contributed by atoms with Crippen LogP contribution >= 0.6 is 34.7 Å². The highest BCUT2D eigenvalue weighted by atomic mass is 35.5. The molecule has 154 valence electrons. The van der Waals surface area contributed by atoms with Crippen molar-refractivity contribution < 1.29 is 9.59 Å². The van der Waals surface area contributed by atoms with Crippen molar-refractivity contribution >= 4 is 68.2 Å². The van der Waals surface area contributed by atoms with E-state index >= 15 is 0 Å². The second-order valence-electron chi connectivity index (χ2n) is 6.74. The molecular weight excluding hydrogens is 446 g/mol. The molecule has 3 nitrogen and oxygen atoms in total. The molecule has 0 saturated heterocycles. The van der Waals surface area contributed by atoms with Crippen LogP contribution in [0.5, 0.6) is 0 Å². The minimum atomic E-state index is -0.265. The number of carbonyl (C=O) groups excluding carboxylic acids is 2. The van der Waals surface area contributed by atoms with Crippen LogP contribution in [-0.4, -0.2) is 17.9 Å².